The molecule has 0 saturated heterocycles. The van der Waals surface area contributed by atoms with Gasteiger partial charge in [-0.15, -0.1) is 0 Å². The van der Waals surface area contributed by atoms with E-state index in [4.69, 9.17) is 0 Å². The van der Waals surface area contributed by atoms with Crippen molar-refractivity contribution in [3.63, 3.8) is 0 Å². The third-order valence-electron chi connectivity index (χ3n) is 5.18. The van der Waals surface area contributed by atoms with E-state index >= 15 is 0 Å². The molecule has 1 atom stereocenters. The smallest absolute Gasteiger partial charge is 0.240 e. The summed E-state index contributed by atoms with van der Waals surface area (Å²) in [6.07, 6.45) is 1.77. The molecule has 2 aliphatic rings. The molecule has 0 saturated carbocycles. The van der Waals surface area contributed by atoms with Crippen LogP contribution in [0, 0.1) is 6.92 Å². The molecule has 128 valence electrons. The average Bonchev–Trinajstić information content (AvgIpc) is 3.17. The Hall–Kier alpha value is -3.41. The standard InChI is InChI=1S/C20H16N4O2/c1-12-7-8-16-14(9-12)20(19(26)22-16)10-17(25)23-18-15(20)11-21-24(18)13-5-3-2-4-6-13/h2-9,11H,10H2,1H3,(H,22,26)(H,23,25)/t20-/m0/s1. The third-order valence-corrected chi connectivity index (χ3v) is 5.18. The van der Waals surface area contributed by atoms with Crippen LogP contribution >= 0.6 is 0 Å². The number of anilines is 2. The maximum absolute atomic E-state index is 13.0. The van der Waals surface area contributed by atoms with E-state index in [1.807, 2.05) is 55.5 Å². The van der Waals surface area contributed by atoms with Crippen LogP contribution in [0.2, 0.25) is 0 Å². The molecule has 0 radical (unpaired) electrons. The van der Waals surface area contributed by atoms with Gasteiger partial charge in [0.2, 0.25) is 11.8 Å². The van der Waals surface area contributed by atoms with E-state index in [0.717, 1.165) is 28.1 Å². The molecule has 3 heterocycles. The molecule has 1 spiro atoms. The highest BCUT2D eigenvalue weighted by Gasteiger charge is 2.54. The molecule has 2 amide bonds. The molecule has 5 rings (SSSR count). The largest absolute Gasteiger partial charge is 0.325 e. The molecule has 0 bridgehead atoms. The maximum atomic E-state index is 13.0. The summed E-state index contributed by atoms with van der Waals surface area (Å²) in [6, 6.07) is 15.4. The lowest BCUT2D eigenvalue weighted by molar-refractivity contribution is -0.125. The zero-order chi connectivity index (χ0) is 17.9. The SMILES string of the molecule is Cc1ccc2c(c1)[C@]1(CC(=O)Nc3c1cnn3-c1ccccc1)C(=O)N2. The molecule has 0 aliphatic carbocycles. The Bertz CT molecular complexity index is 1070. The van der Waals surface area contributed by atoms with E-state index < -0.39 is 5.41 Å². The Morgan fingerprint density at radius 3 is 2.65 bits per heavy atom. The number of aryl methyl sites for hydroxylation is 1. The first-order valence-electron chi connectivity index (χ1n) is 8.46. The summed E-state index contributed by atoms with van der Waals surface area (Å²) in [7, 11) is 0. The molecule has 6 nitrogen and oxygen atoms in total. The number of carbonyl (C=O) groups is 2. The van der Waals surface area contributed by atoms with Gasteiger partial charge in [-0.3, -0.25) is 9.59 Å². The van der Waals surface area contributed by atoms with Gasteiger partial charge >= 0.3 is 0 Å². The number of nitrogens with zero attached hydrogens (tertiary/aromatic N) is 2. The summed E-state index contributed by atoms with van der Waals surface area (Å²) >= 11 is 0. The minimum atomic E-state index is -1.04. The van der Waals surface area contributed by atoms with Crippen molar-refractivity contribution >= 4 is 23.3 Å². The van der Waals surface area contributed by atoms with Crippen LogP contribution in [0.4, 0.5) is 11.5 Å². The van der Waals surface area contributed by atoms with E-state index in [0.29, 0.717) is 5.82 Å². The molecule has 3 aromatic rings. The second-order valence-electron chi connectivity index (χ2n) is 6.79. The zero-order valence-corrected chi connectivity index (χ0v) is 14.1. The molecular weight excluding hydrogens is 328 g/mol. The van der Waals surface area contributed by atoms with Gasteiger partial charge in [-0.1, -0.05) is 35.9 Å². The summed E-state index contributed by atoms with van der Waals surface area (Å²) in [5, 5.41) is 10.3. The number of aromatic nitrogens is 2. The molecule has 2 aromatic carbocycles. The summed E-state index contributed by atoms with van der Waals surface area (Å²) in [4.78, 5) is 25.6. The molecular formula is C20H16N4O2. The van der Waals surface area contributed by atoms with E-state index in [2.05, 4.69) is 15.7 Å². The lowest BCUT2D eigenvalue weighted by Gasteiger charge is -2.31. The predicted octanol–water partition coefficient (Wildman–Crippen LogP) is 2.76. The highest BCUT2D eigenvalue weighted by Crippen LogP contribution is 2.50. The fraction of sp³-hybridized carbons (Fsp3) is 0.150. The molecule has 2 aliphatic heterocycles. The van der Waals surface area contributed by atoms with E-state index in [-0.39, 0.29) is 18.2 Å². The van der Waals surface area contributed by atoms with Gasteiger partial charge in [0, 0.05) is 17.7 Å². The minimum absolute atomic E-state index is 0.0722. The molecule has 1 aromatic heterocycles. The Labute approximate surface area is 149 Å². The van der Waals surface area contributed by atoms with Crippen LogP contribution < -0.4 is 10.6 Å². The number of rotatable bonds is 1. The van der Waals surface area contributed by atoms with Gasteiger partial charge < -0.3 is 10.6 Å². The number of benzene rings is 2. The first-order chi connectivity index (χ1) is 12.6. The number of para-hydroxylation sites is 1. The van der Waals surface area contributed by atoms with Crippen LogP contribution in [0.25, 0.3) is 5.69 Å². The van der Waals surface area contributed by atoms with Crippen LogP contribution in [-0.2, 0) is 15.0 Å². The van der Waals surface area contributed by atoms with Crippen LogP contribution in [0.1, 0.15) is 23.1 Å². The first-order valence-corrected chi connectivity index (χ1v) is 8.46. The summed E-state index contributed by atoms with van der Waals surface area (Å²) in [6.45, 7) is 1.98. The van der Waals surface area contributed by atoms with E-state index in [1.54, 1.807) is 10.9 Å². The average molecular weight is 344 g/mol. The van der Waals surface area contributed by atoms with Gasteiger partial charge in [0.1, 0.15) is 11.2 Å². The van der Waals surface area contributed by atoms with Crippen molar-refractivity contribution < 1.29 is 9.59 Å². The lowest BCUT2D eigenvalue weighted by Crippen LogP contribution is -2.43. The Kier molecular flexibility index (Phi) is 2.89. The van der Waals surface area contributed by atoms with Crippen molar-refractivity contribution in [1.82, 2.24) is 9.78 Å². The minimum Gasteiger partial charge on any atom is -0.325 e. The van der Waals surface area contributed by atoms with E-state index in [9.17, 15) is 9.59 Å². The van der Waals surface area contributed by atoms with Gasteiger partial charge in [-0.25, -0.2) is 4.68 Å². The van der Waals surface area contributed by atoms with Crippen molar-refractivity contribution in [2.75, 3.05) is 10.6 Å². The molecule has 26 heavy (non-hydrogen) atoms. The van der Waals surface area contributed by atoms with Crippen molar-refractivity contribution in [3.8, 4) is 5.69 Å². The van der Waals surface area contributed by atoms with Crippen molar-refractivity contribution in [2.24, 2.45) is 0 Å². The van der Waals surface area contributed by atoms with Crippen molar-refractivity contribution in [2.45, 2.75) is 18.8 Å². The summed E-state index contributed by atoms with van der Waals surface area (Å²) in [5.74, 6) is 0.179. The number of amides is 2. The topological polar surface area (TPSA) is 76.0 Å². The Morgan fingerprint density at radius 2 is 1.85 bits per heavy atom. The fourth-order valence-corrected chi connectivity index (χ4v) is 3.97. The number of hydrogen-bond donors (Lipinski definition) is 2. The number of fused-ring (bicyclic) bond motifs is 4. The maximum Gasteiger partial charge on any atom is 0.240 e. The van der Waals surface area contributed by atoms with Gasteiger partial charge in [0.15, 0.2) is 0 Å². The highest BCUT2D eigenvalue weighted by atomic mass is 16.2. The molecule has 0 fully saturated rings. The number of carbonyl (C=O) groups excluding carboxylic acids is 2. The van der Waals surface area contributed by atoms with Gasteiger partial charge in [-0.05, 0) is 30.7 Å². The van der Waals surface area contributed by atoms with Gasteiger partial charge in [0.05, 0.1) is 11.9 Å². The van der Waals surface area contributed by atoms with Gasteiger partial charge in [-0.2, -0.15) is 5.10 Å². The monoisotopic (exact) mass is 344 g/mol. The van der Waals surface area contributed by atoms with Crippen LogP contribution in [0.5, 0.6) is 0 Å². The Morgan fingerprint density at radius 1 is 1.04 bits per heavy atom. The normalized spacial score (nSPS) is 20.5. The predicted molar refractivity (Wildman–Crippen MR) is 97.4 cm³/mol. The molecule has 6 heteroatoms. The first kappa shape index (κ1) is 14.9. The van der Waals surface area contributed by atoms with E-state index in [1.165, 1.54) is 0 Å². The number of nitrogens with one attached hydrogen (secondary N) is 2. The lowest BCUT2D eigenvalue weighted by atomic mass is 9.71. The summed E-state index contributed by atoms with van der Waals surface area (Å²) < 4.78 is 1.68. The highest BCUT2D eigenvalue weighted by molar-refractivity contribution is 6.14. The summed E-state index contributed by atoms with van der Waals surface area (Å²) in [5.41, 5.74) is 3.16. The Balaban J connectivity index is 1.78. The van der Waals surface area contributed by atoms with Crippen LogP contribution in [0.3, 0.4) is 0 Å². The second kappa shape index (κ2) is 5.05. The molecule has 2 N–H and O–H groups in total. The van der Waals surface area contributed by atoms with Gasteiger partial charge in [0.25, 0.3) is 0 Å². The zero-order valence-electron chi connectivity index (χ0n) is 14.1. The number of hydrogen-bond acceptors (Lipinski definition) is 3. The second-order valence-corrected chi connectivity index (χ2v) is 6.79. The van der Waals surface area contributed by atoms with Crippen molar-refractivity contribution in [1.29, 1.82) is 0 Å². The van der Waals surface area contributed by atoms with Crippen LogP contribution in [0.15, 0.2) is 54.7 Å². The quantitative estimate of drug-likeness (QED) is 0.713. The third kappa shape index (κ3) is 1.84. The van der Waals surface area contributed by atoms with Crippen LogP contribution in [-0.4, -0.2) is 21.6 Å². The van der Waals surface area contributed by atoms with Crippen molar-refractivity contribution in [3.05, 3.63) is 71.4 Å². The molecule has 0 unspecified atom stereocenters. The fourth-order valence-electron chi connectivity index (χ4n) is 3.97.